The summed E-state index contributed by atoms with van der Waals surface area (Å²) >= 11 is 6.07. The van der Waals surface area contributed by atoms with E-state index in [1.807, 2.05) is 0 Å². The fourth-order valence-electron chi connectivity index (χ4n) is 2.96. The highest BCUT2D eigenvalue weighted by molar-refractivity contribution is 7.89. The number of sulfonamides is 1. The zero-order valence-electron chi connectivity index (χ0n) is 13.3. The first kappa shape index (κ1) is 19.0. The molecule has 1 saturated carbocycles. The Kier molecular flexibility index (Phi) is 6.36. The van der Waals surface area contributed by atoms with Crippen molar-refractivity contribution >= 4 is 34.0 Å². The second-order valence-corrected chi connectivity index (χ2v) is 8.71. The van der Waals surface area contributed by atoms with E-state index in [0.717, 1.165) is 25.3 Å². The number of piperidine rings is 1. The molecule has 1 aromatic rings. The number of nitrogens with zero attached hydrogens (tertiary/aromatic N) is 1. The molecule has 0 spiro atoms. The molecule has 1 N–H and O–H groups in total. The van der Waals surface area contributed by atoms with Crippen molar-refractivity contribution in [3.05, 3.63) is 28.8 Å². The lowest BCUT2D eigenvalue weighted by molar-refractivity contribution is 0.288. The molecular weight excluding hydrogens is 355 g/mol. The first-order valence-electron chi connectivity index (χ1n) is 7.97. The second kappa shape index (κ2) is 7.70. The van der Waals surface area contributed by atoms with Gasteiger partial charge in [-0.15, -0.1) is 12.4 Å². The van der Waals surface area contributed by atoms with Crippen LogP contribution in [-0.2, 0) is 10.0 Å². The van der Waals surface area contributed by atoms with Crippen molar-refractivity contribution in [1.82, 2.24) is 9.62 Å². The van der Waals surface area contributed by atoms with Gasteiger partial charge in [-0.2, -0.15) is 4.31 Å². The van der Waals surface area contributed by atoms with E-state index >= 15 is 0 Å². The molecule has 1 aliphatic heterocycles. The Hall–Kier alpha value is -0.330. The van der Waals surface area contributed by atoms with E-state index in [4.69, 9.17) is 11.6 Å². The predicted octanol–water partition coefficient (Wildman–Crippen LogP) is 3.22. The van der Waals surface area contributed by atoms with Crippen molar-refractivity contribution in [2.24, 2.45) is 5.92 Å². The van der Waals surface area contributed by atoms with Crippen molar-refractivity contribution in [3.8, 4) is 0 Å². The van der Waals surface area contributed by atoms with Crippen LogP contribution in [0.25, 0.3) is 0 Å². The summed E-state index contributed by atoms with van der Waals surface area (Å²) in [5.74, 6) is 0.857. The van der Waals surface area contributed by atoms with E-state index in [1.165, 1.54) is 12.8 Å². The van der Waals surface area contributed by atoms with E-state index in [-0.39, 0.29) is 12.4 Å². The normalized spacial score (nSPS) is 20.3. The van der Waals surface area contributed by atoms with Gasteiger partial charge < -0.3 is 5.32 Å². The molecule has 0 radical (unpaired) electrons. The van der Waals surface area contributed by atoms with Crippen molar-refractivity contribution in [1.29, 1.82) is 0 Å². The van der Waals surface area contributed by atoms with Gasteiger partial charge in [-0.25, -0.2) is 8.42 Å². The summed E-state index contributed by atoms with van der Waals surface area (Å²) in [4.78, 5) is 0.337. The minimum Gasteiger partial charge on any atom is -0.314 e. The van der Waals surface area contributed by atoms with Gasteiger partial charge in [0.1, 0.15) is 0 Å². The molecule has 1 aromatic carbocycles. The van der Waals surface area contributed by atoms with Gasteiger partial charge in [0.2, 0.25) is 10.0 Å². The second-order valence-electron chi connectivity index (χ2n) is 6.39. The van der Waals surface area contributed by atoms with Crippen LogP contribution in [0.15, 0.2) is 23.1 Å². The van der Waals surface area contributed by atoms with Gasteiger partial charge in [-0.3, -0.25) is 0 Å². The van der Waals surface area contributed by atoms with Crippen molar-refractivity contribution in [2.45, 2.75) is 43.5 Å². The minimum absolute atomic E-state index is 0. The molecule has 0 unspecified atom stereocenters. The molecule has 0 aromatic heterocycles. The summed E-state index contributed by atoms with van der Waals surface area (Å²) in [5, 5.41) is 4.08. The Bertz CT molecular complexity index is 639. The molecule has 1 aliphatic carbocycles. The molecule has 23 heavy (non-hydrogen) atoms. The Balaban J connectivity index is 0.00000192. The largest absolute Gasteiger partial charge is 0.314 e. The fraction of sp³-hybridized carbons (Fsp3) is 0.625. The first-order chi connectivity index (χ1) is 10.5. The van der Waals surface area contributed by atoms with Crippen LogP contribution in [0.2, 0.25) is 5.02 Å². The molecule has 1 heterocycles. The quantitative estimate of drug-likeness (QED) is 0.855. The number of hydrogen-bond acceptors (Lipinski definition) is 3. The maximum atomic E-state index is 12.8. The molecule has 1 saturated heterocycles. The van der Waals surface area contributed by atoms with Crippen LogP contribution >= 0.6 is 24.0 Å². The Morgan fingerprint density at radius 1 is 1.22 bits per heavy atom. The van der Waals surface area contributed by atoms with Gasteiger partial charge in [0.05, 0.1) is 4.90 Å². The van der Waals surface area contributed by atoms with Gasteiger partial charge in [-0.05, 0) is 62.8 Å². The van der Waals surface area contributed by atoms with Crippen LogP contribution < -0.4 is 5.32 Å². The lowest BCUT2D eigenvalue weighted by atomic mass is 10.1. The molecule has 4 nitrogen and oxygen atoms in total. The lowest BCUT2D eigenvalue weighted by Gasteiger charge is -2.32. The highest BCUT2D eigenvalue weighted by atomic mass is 35.5. The summed E-state index contributed by atoms with van der Waals surface area (Å²) < 4.78 is 27.2. The molecule has 0 amide bonds. The van der Waals surface area contributed by atoms with Crippen LogP contribution in [0.1, 0.15) is 31.2 Å². The van der Waals surface area contributed by atoms with Gasteiger partial charge in [-0.1, -0.05) is 17.7 Å². The van der Waals surface area contributed by atoms with E-state index in [0.29, 0.717) is 34.6 Å². The van der Waals surface area contributed by atoms with Gasteiger partial charge in [0.15, 0.2) is 0 Å². The maximum absolute atomic E-state index is 12.8. The molecule has 2 fully saturated rings. The van der Waals surface area contributed by atoms with Crippen LogP contribution in [0, 0.1) is 12.8 Å². The van der Waals surface area contributed by atoms with Crippen LogP contribution in [0.3, 0.4) is 0 Å². The first-order valence-corrected chi connectivity index (χ1v) is 9.79. The smallest absolute Gasteiger partial charge is 0.243 e. The van der Waals surface area contributed by atoms with Gasteiger partial charge in [0, 0.05) is 24.2 Å². The fourth-order valence-corrected chi connectivity index (χ4v) is 4.91. The highest BCUT2D eigenvalue weighted by Crippen LogP contribution is 2.29. The zero-order chi connectivity index (χ0) is 15.7. The number of halogens is 2. The minimum atomic E-state index is -3.44. The van der Waals surface area contributed by atoms with Crippen molar-refractivity contribution < 1.29 is 8.42 Å². The van der Waals surface area contributed by atoms with Crippen molar-refractivity contribution in [2.75, 3.05) is 19.6 Å². The monoisotopic (exact) mass is 378 g/mol. The molecule has 3 rings (SSSR count). The van der Waals surface area contributed by atoms with E-state index in [2.05, 4.69) is 5.32 Å². The summed E-state index contributed by atoms with van der Waals surface area (Å²) in [5.41, 5.74) is 0.637. The Morgan fingerprint density at radius 3 is 2.48 bits per heavy atom. The molecule has 2 aliphatic rings. The zero-order valence-corrected chi connectivity index (χ0v) is 15.7. The molecule has 0 bridgehead atoms. The number of benzene rings is 1. The SMILES string of the molecule is Cc1c(Cl)cccc1S(=O)(=O)N1CCC(NCC2CC2)CC1.Cl. The predicted molar refractivity (Wildman–Crippen MR) is 95.9 cm³/mol. The number of nitrogens with one attached hydrogen (secondary N) is 1. The third-order valence-corrected chi connectivity index (χ3v) is 7.13. The topological polar surface area (TPSA) is 49.4 Å². The van der Waals surface area contributed by atoms with Crippen LogP contribution in [0.4, 0.5) is 0 Å². The molecule has 0 atom stereocenters. The third kappa shape index (κ3) is 4.40. The highest BCUT2D eigenvalue weighted by Gasteiger charge is 2.31. The lowest BCUT2D eigenvalue weighted by Crippen LogP contribution is -2.45. The van der Waals surface area contributed by atoms with E-state index in [9.17, 15) is 8.42 Å². The van der Waals surface area contributed by atoms with Gasteiger partial charge >= 0.3 is 0 Å². The van der Waals surface area contributed by atoms with Crippen molar-refractivity contribution in [3.63, 3.8) is 0 Å². The Morgan fingerprint density at radius 2 is 1.87 bits per heavy atom. The summed E-state index contributed by atoms with van der Waals surface area (Å²) in [6, 6.07) is 5.52. The third-order valence-electron chi connectivity index (χ3n) is 4.68. The van der Waals surface area contributed by atoms with E-state index in [1.54, 1.807) is 29.4 Å². The number of rotatable bonds is 5. The summed E-state index contributed by atoms with van der Waals surface area (Å²) in [6.07, 6.45) is 4.44. The van der Waals surface area contributed by atoms with E-state index < -0.39 is 10.0 Å². The number of hydrogen-bond donors (Lipinski definition) is 1. The van der Waals surface area contributed by atoms with Crippen LogP contribution in [-0.4, -0.2) is 38.4 Å². The average Bonchev–Trinajstić information content (AvgIpc) is 3.32. The molecular formula is C16H24Cl2N2O2S. The summed E-state index contributed by atoms with van der Waals surface area (Å²) in [7, 11) is -3.44. The molecule has 130 valence electrons. The van der Waals surface area contributed by atoms with Crippen LogP contribution in [0.5, 0.6) is 0 Å². The molecule has 7 heteroatoms. The standard InChI is InChI=1S/C16H23ClN2O2S.ClH/c1-12-15(17)3-2-4-16(12)22(20,21)19-9-7-14(8-10-19)18-11-13-5-6-13;/h2-4,13-14,18H,5-11H2,1H3;1H. The van der Waals surface area contributed by atoms with Gasteiger partial charge in [0.25, 0.3) is 0 Å². The summed E-state index contributed by atoms with van der Waals surface area (Å²) in [6.45, 7) is 4.01. The Labute approximate surface area is 150 Å². The average molecular weight is 379 g/mol. The maximum Gasteiger partial charge on any atom is 0.243 e.